The van der Waals surface area contributed by atoms with Gasteiger partial charge in [-0.25, -0.2) is 0 Å². The van der Waals surface area contributed by atoms with Crippen LogP contribution in [0.4, 0.5) is 11.4 Å². The van der Waals surface area contributed by atoms with E-state index in [-0.39, 0.29) is 11.8 Å². The van der Waals surface area contributed by atoms with E-state index in [0.717, 1.165) is 10.8 Å². The zero-order valence-electron chi connectivity index (χ0n) is 15.6. The summed E-state index contributed by atoms with van der Waals surface area (Å²) in [5.41, 5.74) is 1.84. The van der Waals surface area contributed by atoms with Crippen molar-refractivity contribution in [1.29, 1.82) is 0 Å². The van der Waals surface area contributed by atoms with Gasteiger partial charge in [-0.2, -0.15) is 0 Å². The molecule has 2 amide bonds. The average Bonchev–Trinajstić information content (AvgIpc) is 2.89. The first-order valence-electron chi connectivity index (χ1n) is 9.30. The molecule has 0 fully saturated rings. The van der Waals surface area contributed by atoms with Gasteiger partial charge in [-0.3, -0.25) is 9.59 Å². The fourth-order valence-electron chi connectivity index (χ4n) is 3.41. The van der Waals surface area contributed by atoms with Gasteiger partial charge in [0.15, 0.2) is 5.75 Å². The Hall–Kier alpha value is -3.83. The van der Waals surface area contributed by atoms with Crippen LogP contribution in [0.25, 0.3) is 10.8 Å². The Morgan fingerprint density at radius 1 is 0.867 bits per heavy atom. The van der Waals surface area contributed by atoms with Crippen molar-refractivity contribution in [3.8, 4) is 11.5 Å². The van der Waals surface area contributed by atoms with E-state index in [9.17, 15) is 9.59 Å². The zero-order valence-corrected chi connectivity index (χ0v) is 16.4. The van der Waals surface area contributed by atoms with Crippen LogP contribution in [0.15, 0.2) is 78.9 Å². The fraction of sp³-hybridized carbons (Fsp3) is 0. The molecule has 4 aromatic rings. The van der Waals surface area contributed by atoms with Crippen LogP contribution in [0, 0.1) is 0 Å². The summed E-state index contributed by atoms with van der Waals surface area (Å²) in [6, 6.07) is 23.3. The highest BCUT2D eigenvalue weighted by Crippen LogP contribution is 2.38. The van der Waals surface area contributed by atoms with Gasteiger partial charge in [-0.15, -0.1) is 0 Å². The van der Waals surface area contributed by atoms with E-state index in [1.54, 1.807) is 42.5 Å². The molecule has 0 bridgehead atoms. The second kappa shape index (κ2) is 7.21. The summed E-state index contributed by atoms with van der Waals surface area (Å²) in [5, 5.41) is 8.18. The molecule has 0 radical (unpaired) electrons. The zero-order chi connectivity index (χ0) is 20.7. The minimum Gasteiger partial charge on any atom is -0.454 e. The monoisotopic (exact) mass is 414 g/mol. The minimum absolute atomic E-state index is 0.259. The van der Waals surface area contributed by atoms with Gasteiger partial charge >= 0.3 is 0 Å². The number of ether oxygens (including phenoxy) is 1. The maximum Gasteiger partial charge on any atom is 0.259 e. The molecule has 5 rings (SSSR count). The average molecular weight is 415 g/mol. The van der Waals surface area contributed by atoms with Crippen molar-refractivity contribution in [3.05, 3.63) is 95.0 Å². The van der Waals surface area contributed by atoms with E-state index in [1.807, 2.05) is 36.4 Å². The lowest BCUT2D eigenvalue weighted by Gasteiger charge is -2.10. The molecule has 0 atom stereocenters. The van der Waals surface area contributed by atoms with Crippen LogP contribution in [0.1, 0.15) is 20.7 Å². The number of amides is 2. The predicted molar refractivity (Wildman–Crippen MR) is 118 cm³/mol. The van der Waals surface area contributed by atoms with Crippen molar-refractivity contribution in [2.24, 2.45) is 0 Å². The highest BCUT2D eigenvalue weighted by Gasteiger charge is 2.22. The second-order valence-corrected chi connectivity index (χ2v) is 7.36. The summed E-state index contributed by atoms with van der Waals surface area (Å²) < 4.78 is 5.87. The Kier molecular flexibility index (Phi) is 4.38. The molecule has 5 nitrogen and oxygen atoms in total. The molecule has 0 saturated carbocycles. The molecule has 0 spiro atoms. The molecule has 1 aliphatic rings. The summed E-state index contributed by atoms with van der Waals surface area (Å²) >= 11 is 6.01. The molecule has 1 aliphatic heterocycles. The van der Waals surface area contributed by atoms with Crippen molar-refractivity contribution in [1.82, 2.24) is 0 Å². The lowest BCUT2D eigenvalue weighted by molar-refractivity contribution is 0.101. The standard InChI is InChI=1S/C24H15ClN2O3/c25-17-7-9-22-20(12-17)27-24(29)19-13-18(8-10-21(19)30-22)26-23(28)16-6-5-14-3-1-2-4-15(14)11-16/h1-13H,(H,26,28)(H,27,29). The third-order valence-corrected chi connectivity index (χ3v) is 5.14. The van der Waals surface area contributed by atoms with Crippen molar-refractivity contribution in [3.63, 3.8) is 0 Å². The van der Waals surface area contributed by atoms with E-state index in [2.05, 4.69) is 10.6 Å². The predicted octanol–water partition coefficient (Wildman–Crippen LogP) is 6.10. The molecule has 0 aliphatic carbocycles. The molecular weight excluding hydrogens is 400 g/mol. The summed E-state index contributed by atoms with van der Waals surface area (Å²) in [6.45, 7) is 0. The number of benzene rings is 4. The Balaban J connectivity index is 1.43. The maximum atomic E-state index is 12.7. The molecule has 146 valence electrons. The number of fused-ring (bicyclic) bond motifs is 3. The van der Waals surface area contributed by atoms with Crippen molar-refractivity contribution in [2.45, 2.75) is 0 Å². The number of nitrogens with one attached hydrogen (secondary N) is 2. The van der Waals surface area contributed by atoms with Crippen LogP contribution in [0.3, 0.4) is 0 Å². The van der Waals surface area contributed by atoms with Gasteiger partial charge in [-0.05, 0) is 59.3 Å². The van der Waals surface area contributed by atoms with Crippen molar-refractivity contribution in [2.75, 3.05) is 10.6 Å². The van der Waals surface area contributed by atoms with Crippen LogP contribution in [0.2, 0.25) is 5.02 Å². The highest BCUT2D eigenvalue weighted by atomic mass is 35.5. The molecule has 1 heterocycles. The van der Waals surface area contributed by atoms with Gasteiger partial charge in [0.05, 0.1) is 11.3 Å². The number of halogens is 1. The summed E-state index contributed by atoms with van der Waals surface area (Å²) in [5.74, 6) is 0.301. The molecule has 0 saturated heterocycles. The first-order valence-corrected chi connectivity index (χ1v) is 9.67. The van der Waals surface area contributed by atoms with E-state index in [1.165, 1.54) is 0 Å². The Labute approximate surface area is 177 Å². The van der Waals surface area contributed by atoms with Crippen LogP contribution >= 0.6 is 11.6 Å². The van der Waals surface area contributed by atoms with Gasteiger partial charge in [0, 0.05) is 16.3 Å². The normalized spacial score (nSPS) is 12.2. The lowest BCUT2D eigenvalue weighted by atomic mass is 10.1. The first-order chi connectivity index (χ1) is 14.6. The van der Waals surface area contributed by atoms with Crippen LogP contribution < -0.4 is 15.4 Å². The van der Waals surface area contributed by atoms with Crippen molar-refractivity contribution >= 4 is 45.6 Å². The Bertz CT molecular complexity index is 1330. The fourth-order valence-corrected chi connectivity index (χ4v) is 3.58. The first kappa shape index (κ1) is 18.2. The van der Waals surface area contributed by atoms with Gasteiger partial charge < -0.3 is 15.4 Å². The number of carbonyl (C=O) groups is 2. The number of hydrogen-bond acceptors (Lipinski definition) is 3. The Morgan fingerprint density at radius 2 is 1.67 bits per heavy atom. The topological polar surface area (TPSA) is 67.4 Å². The van der Waals surface area contributed by atoms with E-state index < -0.39 is 0 Å². The SMILES string of the molecule is O=C(Nc1ccc2c(c1)C(=O)Nc1cc(Cl)ccc1O2)c1ccc2ccccc2c1. The van der Waals surface area contributed by atoms with Gasteiger partial charge in [0.25, 0.3) is 11.8 Å². The lowest BCUT2D eigenvalue weighted by Crippen LogP contribution is -2.14. The number of anilines is 2. The summed E-state index contributed by atoms with van der Waals surface area (Å²) in [4.78, 5) is 25.4. The largest absolute Gasteiger partial charge is 0.454 e. The molecule has 6 heteroatoms. The van der Waals surface area contributed by atoms with Gasteiger partial charge in [-0.1, -0.05) is 41.9 Å². The minimum atomic E-state index is -0.340. The number of hydrogen-bond donors (Lipinski definition) is 2. The molecular formula is C24H15ClN2O3. The molecule has 30 heavy (non-hydrogen) atoms. The maximum absolute atomic E-state index is 12.7. The van der Waals surface area contributed by atoms with Gasteiger partial charge in [0.2, 0.25) is 0 Å². The van der Waals surface area contributed by atoms with Crippen LogP contribution in [-0.2, 0) is 0 Å². The number of carbonyl (C=O) groups excluding carboxylic acids is 2. The van der Waals surface area contributed by atoms with E-state index >= 15 is 0 Å². The third-order valence-electron chi connectivity index (χ3n) is 4.90. The molecule has 4 aromatic carbocycles. The van der Waals surface area contributed by atoms with Gasteiger partial charge in [0.1, 0.15) is 5.75 Å². The molecule has 0 aromatic heterocycles. The van der Waals surface area contributed by atoms with Crippen LogP contribution in [0.5, 0.6) is 11.5 Å². The highest BCUT2D eigenvalue weighted by molar-refractivity contribution is 6.31. The van der Waals surface area contributed by atoms with E-state index in [4.69, 9.17) is 16.3 Å². The quantitative estimate of drug-likeness (QED) is 0.416. The summed E-state index contributed by atoms with van der Waals surface area (Å²) in [6.07, 6.45) is 0. The Morgan fingerprint density at radius 3 is 2.53 bits per heavy atom. The second-order valence-electron chi connectivity index (χ2n) is 6.92. The number of rotatable bonds is 2. The van der Waals surface area contributed by atoms with Crippen LogP contribution in [-0.4, -0.2) is 11.8 Å². The summed E-state index contributed by atoms with van der Waals surface area (Å²) in [7, 11) is 0. The third kappa shape index (κ3) is 3.36. The molecule has 2 N–H and O–H groups in total. The smallest absolute Gasteiger partial charge is 0.259 e. The van der Waals surface area contributed by atoms with E-state index in [0.29, 0.717) is 39.0 Å². The van der Waals surface area contributed by atoms with Crippen molar-refractivity contribution < 1.29 is 14.3 Å². The molecule has 0 unspecified atom stereocenters.